The van der Waals surface area contributed by atoms with Crippen LogP contribution >= 0.6 is 11.3 Å². The van der Waals surface area contributed by atoms with Gasteiger partial charge in [-0.2, -0.15) is 0 Å². The van der Waals surface area contributed by atoms with Crippen LogP contribution in [0.15, 0.2) is 12.8 Å². The molecule has 1 rings (SSSR count). The Hall–Kier alpha value is -1.36. The molecule has 0 atom stereocenters. The van der Waals surface area contributed by atoms with Crippen LogP contribution in [0, 0.1) is 0 Å². The first kappa shape index (κ1) is 11.7. The SMILES string of the molecule is C=Cc1ncc(NC(=O)OC(C)(C)C)s1. The average Bonchev–Trinajstić information content (AvgIpc) is 2.48. The van der Waals surface area contributed by atoms with Crippen LogP contribution in [-0.4, -0.2) is 16.7 Å². The fraction of sp³-hybridized carbons (Fsp3) is 0.400. The number of anilines is 1. The van der Waals surface area contributed by atoms with Crippen molar-refractivity contribution in [3.63, 3.8) is 0 Å². The molecule has 0 fully saturated rings. The summed E-state index contributed by atoms with van der Waals surface area (Å²) in [7, 11) is 0. The number of thiazole rings is 1. The summed E-state index contributed by atoms with van der Waals surface area (Å²) in [4.78, 5) is 15.4. The van der Waals surface area contributed by atoms with Crippen molar-refractivity contribution in [2.24, 2.45) is 0 Å². The van der Waals surface area contributed by atoms with Crippen LogP contribution in [0.5, 0.6) is 0 Å². The van der Waals surface area contributed by atoms with Gasteiger partial charge in [-0.1, -0.05) is 17.9 Å². The van der Waals surface area contributed by atoms with Crippen molar-refractivity contribution >= 4 is 28.5 Å². The van der Waals surface area contributed by atoms with Gasteiger partial charge in [-0.15, -0.1) is 0 Å². The minimum Gasteiger partial charge on any atom is -0.444 e. The highest BCUT2D eigenvalue weighted by Gasteiger charge is 2.16. The fourth-order valence-corrected chi connectivity index (χ4v) is 1.50. The van der Waals surface area contributed by atoms with Crippen molar-refractivity contribution in [2.75, 3.05) is 5.32 Å². The second-order valence-electron chi connectivity index (χ2n) is 3.89. The number of ether oxygens (including phenoxy) is 1. The number of hydrogen-bond donors (Lipinski definition) is 1. The third kappa shape index (κ3) is 4.12. The molecule has 0 radical (unpaired) electrons. The van der Waals surface area contributed by atoms with Crippen LogP contribution in [-0.2, 0) is 4.74 Å². The largest absolute Gasteiger partial charge is 0.444 e. The first-order chi connectivity index (χ1) is 6.90. The zero-order valence-electron chi connectivity index (χ0n) is 9.03. The number of hydrogen-bond acceptors (Lipinski definition) is 4. The number of aromatic nitrogens is 1. The normalized spacial score (nSPS) is 10.9. The van der Waals surface area contributed by atoms with Crippen molar-refractivity contribution < 1.29 is 9.53 Å². The fourth-order valence-electron chi connectivity index (χ4n) is 0.844. The number of nitrogens with one attached hydrogen (secondary N) is 1. The van der Waals surface area contributed by atoms with E-state index in [9.17, 15) is 4.79 Å². The third-order valence-electron chi connectivity index (χ3n) is 1.32. The molecular weight excluding hydrogens is 212 g/mol. The summed E-state index contributed by atoms with van der Waals surface area (Å²) in [5, 5.41) is 4.02. The van der Waals surface area contributed by atoms with Gasteiger partial charge in [0.15, 0.2) is 0 Å². The first-order valence-electron chi connectivity index (χ1n) is 4.49. The van der Waals surface area contributed by atoms with Gasteiger partial charge in [0.25, 0.3) is 0 Å². The summed E-state index contributed by atoms with van der Waals surface area (Å²) < 4.78 is 5.09. The predicted molar refractivity (Wildman–Crippen MR) is 62.1 cm³/mol. The summed E-state index contributed by atoms with van der Waals surface area (Å²) in [6.45, 7) is 9.03. The van der Waals surface area contributed by atoms with E-state index in [1.54, 1.807) is 12.3 Å². The average molecular weight is 226 g/mol. The van der Waals surface area contributed by atoms with Crippen molar-refractivity contribution in [1.82, 2.24) is 4.98 Å². The second-order valence-corrected chi connectivity index (χ2v) is 4.96. The Balaban J connectivity index is 2.55. The summed E-state index contributed by atoms with van der Waals surface area (Å²) >= 11 is 1.35. The van der Waals surface area contributed by atoms with E-state index in [1.165, 1.54) is 11.3 Å². The van der Waals surface area contributed by atoms with Crippen molar-refractivity contribution in [3.8, 4) is 0 Å². The molecule has 1 aromatic heterocycles. The Morgan fingerprint density at radius 1 is 1.67 bits per heavy atom. The molecule has 1 heterocycles. The molecule has 4 nitrogen and oxygen atoms in total. The first-order valence-corrected chi connectivity index (χ1v) is 5.30. The number of carbonyl (C=O) groups is 1. The predicted octanol–water partition coefficient (Wildman–Crippen LogP) is 3.13. The summed E-state index contributed by atoms with van der Waals surface area (Å²) in [6.07, 6.45) is 2.73. The zero-order chi connectivity index (χ0) is 11.5. The highest BCUT2D eigenvalue weighted by atomic mass is 32.1. The number of rotatable bonds is 2. The number of carbonyl (C=O) groups excluding carboxylic acids is 1. The smallest absolute Gasteiger partial charge is 0.412 e. The molecule has 0 unspecified atom stereocenters. The van der Waals surface area contributed by atoms with Crippen LogP contribution in [0.2, 0.25) is 0 Å². The lowest BCUT2D eigenvalue weighted by molar-refractivity contribution is 0.0636. The minimum absolute atomic E-state index is 0.471. The highest BCUT2D eigenvalue weighted by molar-refractivity contribution is 7.16. The van der Waals surface area contributed by atoms with E-state index in [4.69, 9.17) is 4.74 Å². The van der Waals surface area contributed by atoms with E-state index in [2.05, 4.69) is 16.9 Å². The number of nitrogens with zero attached hydrogens (tertiary/aromatic N) is 1. The molecular formula is C10H14N2O2S. The van der Waals surface area contributed by atoms with Crippen molar-refractivity contribution in [3.05, 3.63) is 17.8 Å². The number of amides is 1. The Labute approximate surface area is 93.0 Å². The van der Waals surface area contributed by atoms with E-state index in [-0.39, 0.29) is 0 Å². The zero-order valence-corrected chi connectivity index (χ0v) is 9.85. The molecule has 5 heteroatoms. The van der Waals surface area contributed by atoms with Gasteiger partial charge in [0.2, 0.25) is 0 Å². The summed E-state index contributed by atoms with van der Waals surface area (Å²) in [5.74, 6) is 0. The molecule has 1 amide bonds. The topological polar surface area (TPSA) is 51.2 Å². The van der Waals surface area contributed by atoms with E-state index >= 15 is 0 Å². The van der Waals surface area contributed by atoms with Crippen LogP contribution in [0.3, 0.4) is 0 Å². The van der Waals surface area contributed by atoms with Gasteiger partial charge in [-0.05, 0) is 26.8 Å². The lowest BCUT2D eigenvalue weighted by Crippen LogP contribution is -2.26. The maximum atomic E-state index is 11.3. The van der Waals surface area contributed by atoms with Gasteiger partial charge in [-0.3, -0.25) is 5.32 Å². The molecule has 1 N–H and O–H groups in total. The molecule has 1 aromatic rings. The van der Waals surface area contributed by atoms with Crippen LogP contribution in [0.4, 0.5) is 9.80 Å². The van der Waals surface area contributed by atoms with Gasteiger partial charge < -0.3 is 4.74 Å². The Bertz CT molecular complexity index is 366. The lowest BCUT2D eigenvalue weighted by Gasteiger charge is -2.19. The van der Waals surface area contributed by atoms with E-state index in [1.807, 2.05) is 20.8 Å². The monoisotopic (exact) mass is 226 g/mol. The molecule has 0 saturated carbocycles. The molecule has 0 saturated heterocycles. The van der Waals surface area contributed by atoms with E-state index in [0.29, 0.717) is 5.00 Å². The quantitative estimate of drug-likeness (QED) is 0.842. The standard InChI is InChI=1S/C10H14N2O2S/c1-5-7-11-6-8(15-7)12-9(13)14-10(2,3)4/h5-6H,1H2,2-4H3,(H,12,13). The van der Waals surface area contributed by atoms with Gasteiger partial charge in [0.05, 0.1) is 6.20 Å². The Morgan fingerprint density at radius 3 is 2.80 bits per heavy atom. The van der Waals surface area contributed by atoms with Crippen LogP contribution in [0.1, 0.15) is 25.8 Å². The molecule has 0 aliphatic carbocycles. The van der Waals surface area contributed by atoms with E-state index in [0.717, 1.165) is 5.01 Å². The van der Waals surface area contributed by atoms with Gasteiger partial charge in [0, 0.05) is 0 Å². The molecule has 0 spiro atoms. The van der Waals surface area contributed by atoms with Crippen molar-refractivity contribution in [2.45, 2.75) is 26.4 Å². The molecule has 82 valence electrons. The van der Waals surface area contributed by atoms with Crippen molar-refractivity contribution in [1.29, 1.82) is 0 Å². The summed E-state index contributed by atoms with van der Waals surface area (Å²) in [6, 6.07) is 0. The highest BCUT2D eigenvalue weighted by Crippen LogP contribution is 2.20. The molecule has 15 heavy (non-hydrogen) atoms. The Morgan fingerprint density at radius 2 is 2.33 bits per heavy atom. The maximum Gasteiger partial charge on any atom is 0.412 e. The second kappa shape index (κ2) is 4.44. The van der Waals surface area contributed by atoms with E-state index < -0.39 is 11.7 Å². The lowest BCUT2D eigenvalue weighted by atomic mass is 10.2. The maximum absolute atomic E-state index is 11.3. The molecule has 0 aliphatic rings. The van der Waals surface area contributed by atoms with Gasteiger partial charge >= 0.3 is 6.09 Å². The van der Waals surface area contributed by atoms with Gasteiger partial charge in [-0.25, -0.2) is 9.78 Å². The minimum atomic E-state index is -0.490. The molecule has 0 aliphatic heterocycles. The molecule has 0 bridgehead atoms. The summed E-state index contributed by atoms with van der Waals surface area (Å²) in [5.41, 5.74) is -0.490. The van der Waals surface area contributed by atoms with Gasteiger partial charge in [0.1, 0.15) is 15.6 Å². The Kier molecular flexibility index (Phi) is 3.47. The van der Waals surface area contributed by atoms with Crippen LogP contribution in [0.25, 0.3) is 6.08 Å². The van der Waals surface area contributed by atoms with Crippen LogP contribution < -0.4 is 5.32 Å². The molecule has 0 aromatic carbocycles. The third-order valence-corrected chi connectivity index (χ3v) is 2.23.